The number of fused-ring (bicyclic) bond motifs is 1. The predicted octanol–water partition coefficient (Wildman–Crippen LogP) is 4.46. The Labute approximate surface area is 166 Å². The second-order valence-electron chi connectivity index (χ2n) is 6.26. The molecular weight excluding hydrogens is 458 g/mol. The summed E-state index contributed by atoms with van der Waals surface area (Å²) in [5.74, 6) is 0. The van der Waals surface area contributed by atoms with Gasteiger partial charge in [0.05, 0.1) is 9.36 Å². The highest BCUT2D eigenvalue weighted by Crippen LogP contribution is 2.43. The molecule has 0 amide bonds. The lowest BCUT2D eigenvalue weighted by molar-refractivity contribution is 1.06. The van der Waals surface area contributed by atoms with Crippen LogP contribution >= 0.6 is 31.8 Å². The summed E-state index contributed by atoms with van der Waals surface area (Å²) in [7, 11) is 2.85. The summed E-state index contributed by atoms with van der Waals surface area (Å²) in [4.78, 5) is 19.6. The summed E-state index contributed by atoms with van der Waals surface area (Å²) in [6.07, 6.45) is 3.45. The smallest absolute Gasteiger partial charge is 0.249 e. The summed E-state index contributed by atoms with van der Waals surface area (Å²) in [5, 5.41) is 7.82. The summed E-state index contributed by atoms with van der Waals surface area (Å²) in [6, 6.07) is 13.6. The second-order valence-corrected chi connectivity index (χ2v) is 10.8. The second kappa shape index (κ2) is 6.59. The van der Waals surface area contributed by atoms with Crippen LogP contribution in [0.25, 0.3) is 33.4 Å². The van der Waals surface area contributed by atoms with E-state index in [1.54, 1.807) is 18.5 Å². The van der Waals surface area contributed by atoms with Gasteiger partial charge < -0.3 is 4.98 Å². The Balaban J connectivity index is 1.95. The number of benzene rings is 1. The third kappa shape index (κ3) is 3.19. The number of rotatable bonds is 3. The van der Waals surface area contributed by atoms with Crippen molar-refractivity contribution < 1.29 is 0 Å². The van der Waals surface area contributed by atoms with Crippen molar-refractivity contribution in [2.24, 2.45) is 0 Å². The van der Waals surface area contributed by atoms with Gasteiger partial charge in [0.1, 0.15) is 0 Å². The van der Waals surface area contributed by atoms with E-state index in [0.29, 0.717) is 5.65 Å². The standard InChI is InChI=1S/C19H16IN4OP/c1-19(20,26)15-5-3-2-4-13(15)16-8-11(9-17(25)23-16)12-6-7-21-18-14(12)10-22-24-18/h2-10H,26H2,1H3,(H,23,25)(H,21,22,24). The average Bonchev–Trinajstić information content (AvgIpc) is 3.09. The maximum Gasteiger partial charge on any atom is 0.249 e. The highest BCUT2D eigenvalue weighted by Gasteiger charge is 2.21. The fraction of sp³-hybridized carbons (Fsp3) is 0.105. The van der Waals surface area contributed by atoms with Crippen molar-refractivity contribution in [1.29, 1.82) is 0 Å². The van der Waals surface area contributed by atoms with E-state index in [0.717, 1.165) is 33.3 Å². The van der Waals surface area contributed by atoms with E-state index < -0.39 is 0 Å². The first-order valence-electron chi connectivity index (χ1n) is 8.04. The zero-order valence-corrected chi connectivity index (χ0v) is 17.3. The highest BCUT2D eigenvalue weighted by atomic mass is 127. The largest absolute Gasteiger partial charge is 0.322 e. The molecule has 3 heterocycles. The normalized spacial score (nSPS) is 13.7. The van der Waals surface area contributed by atoms with Crippen LogP contribution in [0, 0.1) is 0 Å². The Morgan fingerprint density at radius 2 is 1.96 bits per heavy atom. The SMILES string of the molecule is CC(P)(I)c1ccccc1-c1cc(-c2ccnc3[nH]ncc23)cc(=O)[nH]1. The molecule has 4 rings (SSSR count). The molecule has 7 heteroatoms. The van der Waals surface area contributed by atoms with Gasteiger partial charge in [-0.2, -0.15) is 5.10 Å². The van der Waals surface area contributed by atoms with Crippen LogP contribution < -0.4 is 5.56 Å². The van der Waals surface area contributed by atoms with Gasteiger partial charge in [-0.3, -0.25) is 9.89 Å². The van der Waals surface area contributed by atoms with E-state index in [1.807, 2.05) is 30.3 Å². The van der Waals surface area contributed by atoms with Crippen molar-refractivity contribution in [3.8, 4) is 22.4 Å². The van der Waals surface area contributed by atoms with Crippen molar-refractivity contribution in [2.75, 3.05) is 0 Å². The number of hydrogen-bond donors (Lipinski definition) is 2. The first kappa shape index (κ1) is 17.4. The number of nitrogens with one attached hydrogen (secondary N) is 2. The first-order chi connectivity index (χ1) is 12.4. The third-order valence-corrected chi connectivity index (χ3v) is 5.15. The van der Waals surface area contributed by atoms with Crippen LogP contribution in [-0.4, -0.2) is 20.2 Å². The molecule has 0 aliphatic rings. The zero-order valence-electron chi connectivity index (χ0n) is 14.0. The van der Waals surface area contributed by atoms with Crippen LogP contribution in [0.15, 0.2) is 59.7 Å². The van der Waals surface area contributed by atoms with Gasteiger partial charge in [-0.05, 0) is 35.7 Å². The highest BCUT2D eigenvalue weighted by molar-refractivity contribution is 14.1. The van der Waals surface area contributed by atoms with Crippen molar-refractivity contribution in [1.82, 2.24) is 20.2 Å². The number of aromatic nitrogens is 4. The van der Waals surface area contributed by atoms with E-state index in [9.17, 15) is 4.79 Å². The summed E-state index contributed by atoms with van der Waals surface area (Å²) in [5.41, 5.74) is 5.27. The molecule has 1 aromatic carbocycles. The van der Waals surface area contributed by atoms with Gasteiger partial charge in [0.15, 0.2) is 5.65 Å². The van der Waals surface area contributed by atoms with Crippen LogP contribution in [-0.2, 0) is 3.16 Å². The fourth-order valence-electron chi connectivity index (χ4n) is 3.09. The first-order valence-corrected chi connectivity index (χ1v) is 9.69. The molecule has 26 heavy (non-hydrogen) atoms. The van der Waals surface area contributed by atoms with E-state index in [4.69, 9.17) is 0 Å². The molecule has 0 bridgehead atoms. The molecule has 0 aliphatic heterocycles. The van der Waals surface area contributed by atoms with E-state index in [2.05, 4.69) is 65.0 Å². The van der Waals surface area contributed by atoms with Gasteiger partial charge in [0.2, 0.25) is 5.56 Å². The van der Waals surface area contributed by atoms with Crippen LogP contribution in [0.1, 0.15) is 12.5 Å². The molecule has 2 atom stereocenters. The van der Waals surface area contributed by atoms with Crippen LogP contribution in [0.4, 0.5) is 0 Å². The third-order valence-electron chi connectivity index (χ3n) is 4.25. The van der Waals surface area contributed by atoms with Gasteiger partial charge in [0.25, 0.3) is 0 Å². The minimum atomic E-state index is -0.143. The lowest BCUT2D eigenvalue weighted by Crippen LogP contribution is -2.09. The molecule has 2 N–H and O–H groups in total. The molecular formula is C19H16IN4OP. The molecule has 0 fully saturated rings. The number of aromatic amines is 2. The Morgan fingerprint density at radius 1 is 1.15 bits per heavy atom. The minimum absolute atomic E-state index is 0.139. The van der Waals surface area contributed by atoms with Gasteiger partial charge in [-0.15, -0.1) is 9.24 Å². The molecule has 0 aliphatic carbocycles. The monoisotopic (exact) mass is 474 g/mol. The molecule has 0 saturated carbocycles. The van der Waals surface area contributed by atoms with Crippen molar-refractivity contribution in [3.63, 3.8) is 0 Å². The van der Waals surface area contributed by atoms with E-state index in [1.165, 1.54) is 0 Å². The fourth-order valence-corrected chi connectivity index (χ4v) is 3.81. The Hall–Kier alpha value is -2.05. The summed E-state index contributed by atoms with van der Waals surface area (Å²) >= 11 is 2.38. The summed E-state index contributed by atoms with van der Waals surface area (Å²) in [6.45, 7) is 2.12. The van der Waals surface area contributed by atoms with Crippen molar-refractivity contribution in [2.45, 2.75) is 10.1 Å². The maximum absolute atomic E-state index is 12.4. The number of pyridine rings is 2. The van der Waals surface area contributed by atoms with Gasteiger partial charge in [0, 0.05) is 28.9 Å². The Kier molecular flexibility index (Phi) is 4.40. The molecule has 4 aromatic rings. The number of halogens is 1. The van der Waals surface area contributed by atoms with Crippen molar-refractivity contribution in [3.05, 3.63) is 70.8 Å². The number of nitrogens with zero attached hydrogens (tertiary/aromatic N) is 2. The number of H-pyrrole nitrogens is 2. The number of alkyl halides is 1. The molecule has 130 valence electrons. The van der Waals surface area contributed by atoms with Gasteiger partial charge in [-0.25, -0.2) is 4.98 Å². The van der Waals surface area contributed by atoms with Gasteiger partial charge in [-0.1, -0.05) is 46.9 Å². The van der Waals surface area contributed by atoms with Gasteiger partial charge >= 0.3 is 0 Å². The lowest BCUT2D eigenvalue weighted by Gasteiger charge is -2.21. The lowest BCUT2D eigenvalue weighted by atomic mass is 9.98. The quantitative estimate of drug-likeness (QED) is 0.262. The van der Waals surface area contributed by atoms with E-state index in [-0.39, 0.29) is 8.72 Å². The average molecular weight is 474 g/mol. The van der Waals surface area contributed by atoms with Crippen LogP contribution in [0.5, 0.6) is 0 Å². The topological polar surface area (TPSA) is 74.4 Å². The molecule has 0 saturated heterocycles. The number of hydrogen-bond acceptors (Lipinski definition) is 3. The molecule has 5 nitrogen and oxygen atoms in total. The molecule has 0 spiro atoms. The van der Waals surface area contributed by atoms with Crippen LogP contribution in [0.2, 0.25) is 0 Å². The predicted molar refractivity (Wildman–Crippen MR) is 116 cm³/mol. The molecule has 2 unspecified atom stereocenters. The molecule has 3 aromatic heterocycles. The Bertz CT molecular complexity index is 1160. The zero-order chi connectivity index (χ0) is 18.3. The van der Waals surface area contributed by atoms with Crippen LogP contribution in [0.3, 0.4) is 0 Å². The maximum atomic E-state index is 12.4. The Morgan fingerprint density at radius 3 is 2.77 bits per heavy atom. The minimum Gasteiger partial charge on any atom is -0.322 e. The van der Waals surface area contributed by atoms with E-state index >= 15 is 0 Å². The summed E-state index contributed by atoms with van der Waals surface area (Å²) < 4.78 is -0.143. The molecule has 0 radical (unpaired) electrons. The van der Waals surface area contributed by atoms with Crippen molar-refractivity contribution >= 4 is 42.9 Å².